The number of nitrogens with one attached hydrogen (secondary N) is 2. The summed E-state index contributed by atoms with van der Waals surface area (Å²) in [5, 5.41) is 6.33. The van der Waals surface area contributed by atoms with E-state index in [0.717, 1.165) is 38.8 Å². The van der Waals surface area contributed by atoms with Crippen molar-refractivity contribution in [1.82, 2.24) is 10.3 Å². The maximum Gasteiger partial charge on any atom is 0.329 e. The maximum atomic E-state index is 12.1. The Labute approximate surface area is 199 Å². The molecule has 0 spiro atoms. The lowest BCUT2D eigenvalue weighted by Crippen LogP contribution is -2.32. The van der Waals surface area contributed by atoms with Crippen molar-refractivity contribution < 1.29 is 23.9 Å². The molecule has 0 bridgehead atoms. The minimum absolute atomic E-state index is 0.0245. The molecule has 1 aliphatic rings. The molecule has 2 aromatic carbocycles. The lowest BCUT2D eigenvalue weighted by atomic mass is 10.2. The zero-order chi connectivity index (χ0) is 24.2. The van der Waals surface area contributed by atoms with Gasteiger partial charge in [0, 0.05) is 18.8 Å². The Kier molecular flexibility index (Phi) is 9.45. The number of unbranched alkanes of at least 4 members (excludes halogenated alkanes) is 1. The van der Waals surface area contributed by atoms with Gasteiger partial charge in [-0.3, -0.25) is 14.4 Å². The first-order valence-electron chi connectivity index (χ1n) is 11.4. The largest absolute Gasteiger partial charge is 0.494 e. The van der Waals surface area contributed by atoms with Crippen LogP contribution >= 0.6 is 0 Å². The van der Waals surface area contributed by atoms with Crippen molar-refractivity contribution in [2.45, 2.75) is 32.6 Å². The van der Waals surface area contributed by atoms with Crippen LogP contribution in [0.5, 0.6) is 11.5 Å². The minimum atomic E-state index is -0.900. The molecule has 0 unspecified atom stereocenters. The Morgan fingerprint density at radius 2 is 1.76 bits per heavy atom. The maximum absolute atomic E-state index is 12.1. The van der Waals surface area contributed by atoms with E-state index in [1.165, 1.54) is 6.21 Å². The fourth-order valence-electron chi connectivity index (χ4n) is 3.26. The van der Waals surface area contributed by atoms with Crippen molar-refractivity contribution in [1.29, 1.82) is 0 Å². The SMILES string of the molecule is CCCCOc1ccc(NC(=O)C(=O)N/N=C\c2cccc(OCC(=O)N3CCCC3)c2)cc1. The van der Waals surface area contributed by atoms with Crippen LogP contribution in [-0.2, 0) is 14.4 Å². The molecule has 0 radical (unpaired) electrons. The highest BCUT2D eigenvalue weighted by atomic mass is 16.5. The zero-order valence-corrected chi connectivity index (χ0v) is 19.3. The van der Waals surface area contributed by atoms with E-state index < -0.39 is 11.8 Å². The molecule has 0 saturated carbocycles. The first-order chi connectivity index (χ1) is 16.5. The number of anilines is 1. The van der Waals surface area contributed by atoms with E-state index in [4.69, 9.17) is 9.47 Å². The number of benzene rings is 2. The van der Waals surface area contributed by atoms with Crippen LogP contribution in [0.4, 0.5) is 5.69 Å². The van der Waals surface area contributed by atoms with Gasteiger partial charge < -0.3 is 19.7 Å². The Morgan fingerprint density at radius 3 is 2.50 bits per heavy atom. The van der Waals surface area contributed by atoms with Gasteiger partial charge in [-0.2, -0.15) is 5.10 Å². The summed E-state index contributed by atoms with van der Waals surface area (Å²) >= 11 is 0. The van der Waals surface area contributed by atoms with Gasteiger partial charge in [0.05, 0.1) is 12.8 Å². The first-order valence-corrected chi connectivity index (χ1v) is 11.4. The van der Waals surface area contributed by atoms with Crippen LogP contribution in [0.25, 0.3) is 0 Å². The van der Waals surface area contributed by atoms with Crippen molar-refractivity contribution in [2.24, 2.45) is 5.10 Å². The van der Waals surface area contributed by atoms with E-state index >= 15 is 0 Å². The normalized spacial score (nSPS) is 13.0. The zero-order valence-electron chi connectivity index (χ0n) is 19.3. The van der Waals surface area contributed by atoms with Crippen LogP contribution in [0.2, 0.25) is 0 Å². The van der Waals surface area contributed by atoms with E-state index in [9.17, 15) is 14.4 Å². The summed E-state index contributed by atoms with van der Waals surface area (Å²) in [4.78, 5) is 38.0. The highest BCUT2D eigenvalue weighted by Gasteiger charge is 2.18. The molecule has 9 heteroatoms. The number of nitrogens with zero attached hydrogens (tertiary/aromatic N) is 2. The molecule has 1 saturated heterocycles. The Hall–Kier alpha value is -3.88. The molecule has 0 aliphatic carbocycles. The molecule has 34 heavy (non-hydrogen) atoms. The smallest absolute Gasteiger partial charge is 0.329 e. The van der Waals surface area contributed by atoms with E-state index in [0.29, 0.717) is 29.4 Å². The van der Waals surface area contributed by atoms with Gasteiger partial charge in [0.2, 0.25) is 0 Å². The van der Waals surface area contributed by atoms with Gasteiger partial charge in [-0.05, 0) is 61.2 Å². The number of hydrogen-bond donors (Lipinski definition) is 2. The molecule has 1 fully saturated rings. The third-order valence-electron chi connectivity index (χ3n) is 5.14. The number of hydrazone groups is 1. The Balaban J connectivity index is 1.43. The fraction of sp³-hybridized carbons (Fsp3) is 0.360. The second kappa shape index (κ2) is 13.0. The lowest BCUT2D eigenvalue weighted by molar-refractivity contribution is -0.136. The molecule has 2 aromatic rings. The number of amides is 3. The highest BCUT2D eigenvalue weighted by molar-refractivity contribution is 6.39. The molecule has 0 aromatic heterocycles. The van der Waals surface area contributed by atoms with Gasteiger partial charge in [0.25, 0.3) is 5.91 Å². The van der Waals surface area contributed by atoms with E-state index in [2.05, 4.69) is 22.8 Å². The number of likely N-dealkylation sites (tertiary alicyclic amines) is 1. The van der Waals surface area contributed by atoms with Crippen molar-refractivity contribution >= 4 is 29.6 Å². The van der Waals surface area contributed by atoms with Gasteiger partial charge in [-0.1, -0.05) is 25.5 Å². The second-order valence-electron chi connectivity index (χ2n) is 7.83. The second-order valence-corrected chi connectivity index (χ2v) is 7.83. The van der Waals surface area contributed by atoms with Crippen molar-refractivity contribution in [3.8, 4) is 11.5 Å². The third kappa shape index (κ3) is 7.91. The van der Waals surface area contributed by atoms with Gasteiger partial charge in [0.1, 0.15) is 11.5 Å². The number of ether oxygens (including phenoxy) is 2. The van der Waals surface area contributed by atoms with Crippen LogP contribution in [0, 0.1) is 0 Å². The van der Waals surface area contributed by atoms with Gasteiger partial charge >= 0.3 is 11.8 Å². The predicted octanol–water partition coefficient (Wildman–Crippen LogP) is 2.96. The van der Waals surface area contributed by atoms with Crippen molar-refractivity contribution in [3.05, 3.63) is 54.1 Å². The predicted molar refractivity (Wildman–Crippen MR) is 129 cm³/mol. The summed E-state index contributed by atoms with van der Waals surface area (Å²) in [5.41, 5.74) is 3.31. The standard InChI is InChI=1S/C25H30N4O5/c1-2-3-15-33-21-11-9-20(10-12-21)27-24(31)25(32)28-26-17-19-7-6-8-22(16-19)34-18-23(30)29-13-4-5-14-29/h6-12,16-17H,2-5,13-15,18H2,1H3,(H,27,31)(H,28,32)/b26-17-. The quantitative estimate of drug-likeness (QED) is 0.242. The van der Waals surface area contributed by atoms with Gasteiger partial charge in [-0.15, -0.1) is 0 Å². The molecule has 1 heterocycles. The van der Waals surface area contributed by atoms with E-state index in [1.54, 1.807) is 53.4 Å². The van der Waals surface area contributed by atoms with Crippen LogP contribution in [0.3, 0.4) is 0 Å². The van der Waals surface area contributed by atoms with Gasteiger partial charge in [-0.25, -0.2) is 5.43 Å². The molecular weight excluding hydrogens is 436 g/mol. The highest BCUT2D eigenvalue weighted by Crippen LogP contribution is 2.16. The summed E-state index contributed by atoms with van der Waals surface area (Å²) in [6.07, 6.45) is 5.46. The number of hydrogen-bond acceptors (Lipinski definition) is 6. The molecule has 1 aliphatic heterocycles. The van der Waals surface area contributed by atoms with Crippen LogP contribution < -0.4 is 20.2 Å². The summed E-state index contributed by atoms with van der Waals surface area (Å²) in [6, 6.07) is 13.7. The summed E-state index contributed by atoms with van der Waals surface area (Å²) in [7, 11) is 0. The molecule has 3 amide bonds. The fourth-order valence-corrected chi connectivity index (χ4v) is 3.26. The number of carbonyl (C=O) groups is 3. The first kappa shape index (κ1) is 24.8. The monoisotopic (exact) mass is 466 g/mol. The van der Waals surface area contributed by atoms with Crippen molar-refractivity contribution in [2.75, 3.05) is 31.6 Å². The average Bonchev–Trinajstić information content (AvgIpc) is 3.39. The molecule has 0 atom stereocenters. The van der Waals surface area contributed by atoms with Crippen molar-refractivity contribution in [3.63, 3.8) is 0 Å². The Bertz CT molecular complexity index is 1000. The van der Waals surface area contributed by atoms with Crippen LogP contribution in [0.1, 0.15) is 38.2 Å². The third-order valence-corrected chi connectivity index (χ3v) is 5.14. The Morgan fingerprint density at radius 1 is 1.00 bits per heavy atom. The van der Waals surface area contributed by atoms with E-state index in [-0.39, 0.29) is 12.5 Å². The molecule has 3 rings (SSSR count). The molecule has 9 nitrogen and oxygen atoms in total. The van der Waals surface area contributed by atoms with Gasteiger partial charge in [0.15, 0.2) is 6.61 Å². The molecule has 180 valence electrons. The number of carbonyl (C=O) groups excluding carboxylic acids is 3. The average molecular weight is 467 g/mol. The number of rotatable bonds is 10. The minimum Gasteiger partial charge on any atom is -0.494 e. The summed E-state index contributed by atoms with van der Waals surface area (Å²) in [5.74, 6) is -0.555. The summed E-state index contributed by atoms with van der Waals surface area (Å²) < 4.78 is 11.1. The van der Waals surface area contributed by atoms with Crippen LogP contribution in [0.15, 0.2) is 53.6 Å². The van der Waals surface area contributed by atoms with E-state index in [1.807, 2.05) is 0 Å². The lowest BCUT2D eigenvalue weighted by Gasteiger charge is -2.15. The molecule has 2 N–H and O–H groups in total. The summed E-state index contributed by atoms with van der Waals surface area (Å²) in [6.45, 7) is 4.25. The van der Waals surface area contributed by atoms with Crippen LogP contribution in [-0.4, -0.2) is 55.1 Å². The topological polar surface area (TPSA) is 109 Å². The molecular formula is C25H30N4O5.